The summed E-state index contributed by atoms with van der Waals surface area (Å²) in [6.45, 7) is 0. The molecule has 0 saturated carbocycles. The van der Waals surface area contributed by atoms with E-state index in [2.05, 4.69) is 0 Å². The van der Waals surface area contributed by atoms with E-state index in [4.69, 9.17) is 46.3 Å². The molecule has 0 heterocycles. The standard InChI is InChI=1S/C6H4Cl3FN2/c7-1-4(10)2(8)6(12)3(9)5(1)11/h11-12H2. The highest BCUT2D eigenvalue weighted by molar-refractivity contribution is 6.44. The minimum Gasteiger partial charge on any atom is -0.396 e. The molecule has 1 aromatic rings. The van der Waals surface area contributed by atoms with Crippen LogP contribution in [0.4, 0.5) is 15.8 Å². The van der Waals surface area contributed by atoms with Gasteiger partial charge in [-0.3, -0.25) is 0 Å². The van der Waals surface area contributed by atoms with Crippen molar-refractivity contribution in [3.05, 3.63) is 20.9 Å². The molecule has 0 unspecified atom stereocenters. The first-order valence-corrected chi connectivity index (χ1v) is 3.97. The van der Waals surface area contributed by atoms with Gasteiger partial charge in [-0.25, -0.2) is 4.39 Å². The fraction of sp³-hybridized carbons (Fsp3) is 0. The third kappa shape index (κ3) is 1.28. The summed E-state index contributed by atoms with van der Waals surface area (Å²) in [6.07, 6.45) is 0. The third-order valence-corrected chi connectivity index (χ3v) is 2.48. The summed E-state index contributed by atoms with van der Waals surface area (Å²) in [4.78, 5) is 0. The zero-order valence-electron chi connectivity index (χ0n) is 5.67. The SMILES string of the molecule is Nc1c(Cl)c(N)c(Cl)c(F)c1Cl. The minimum atomic E-state index is -0.849. The Morgan fingerprint density at radius 2 is 1.17 bits per heavy atom. The van der Waals surface area contributed by atoms with E-state index in [1.807, 2.05) is 0 Å². The number of benzene rings is 1. The summed E-state index contributed by atoms with van der Waals surface area (Å²) in [5, 5.41) is -0.634. The van der Waals surface area contributed by atoms with Gasteiger partial charge in [0.15, 0.2) is 5.82 Å². The zero-order chi connectivity index (χ0) is 9.46. The maximum atomic E-state index is 12.9. The predicted octanol–water partition coefficient (Wildman–Crippen LogP) is 2.95. The monoisotopic (exact) mass is 228 g/mol. The number of hydrogen-bond acceptors (Lipinski definition) is 2. The second-order valence-electron chi connectivity index (χ2n) is 2.08. The molecular formula is C6H4Cl3FN2. The van der Waals surface area contributed by atoms with Gasteiger partial charge in [-0.15, -0.1) is 0 Å². The van der Waals surface area contributed by atoms with E-state index in [0.29, 0.717) is 0 Å². The van der Waals surface area contributed by atoms with Gasteiger partial charge in [0.2, 0.25) is 0 Å². The highest BCUT2D eigenvalue weighted by Crippen LogP contribution is 2.40. The Hall–Kier alpha value is -0.380. The van der Waals surface area contributed by atoms with Crippen molar-refractivity contribution in [2.45, 2.75) is 0 Å². The zero-order valence-corrected chi connectivity index (χ0v) is 7.93. The topological polar surface area (TPSA) is 52.0 Å². The summed E-state index contributed by atoms with van der Waals surface area (Å²) < 4.78 is 12.9. The Morgan fingerprint density at radius 3 is 1.50 bits per heavy atom. The quantitative estimate of drug-likeness (QED) is 0.408. The van der Waals surface area contributed by atoms with Crippen LogP contribution in [0.3, 0.4) is 0 Å². The van der Waals surface area contributed by atoms with Crippen LogP contribution in [-0.4, -0.2) is 0 Å². The lowest BCUT2D eigenvalue weighted by atomic mass is 10.2. The summed E-state index contributed by atoms with van der Waals surface area (Å²) in [5.74, 6) is -0.849. The Balaban J connectivity index is 3.60. The second-order valence-corrected chi connectivity index (χ2v) is 3.22. The molecule has 1 rings (SSSR count). The second kappa shape index (κ2) is 3.17. The van der Waals surface area contributed by atoms with Crippen molar-refractivity contribution >= 4 is 46.2 Å². The Morgan fingerprint density at radius 1 is 0.833 bits per heavy atom. The average Bonchev–Trinajstić information content (AvgIpc) is 2.08. The Kier molecular flexibility index (Phi) is 2.56. The molecule has 4 N–H and O–H groups in total. The van der Waals surface area contributed by atoms with Gasteiger partial charge in [0.1, 0.15) is 10.0 Å². The fourth-order valence-corrected chi connectivity index (χ4v) is 1.38. The number of anilines is 2. The van der Waals surface area contributed by atoms with Crippen molar-refractivity contribution in [3.63, 3.8) is 0 Å². The van der Waals surface area contributed by atoms with Gasteiger partial charge >= 0.3 is 0 Å². The molecule has 0 amide bonds. The van der Waals surface area contributed by atoms with Crippen molar-refractivity contribution in [2.75, 3.05) is 11.5 Å². The smallest absolute Gasteiger partial charge is 0.164 e. The molecule has 0 aliphatic rings. The van der Waals surface area contributed by atoms with Crippen LogP contribution in [-0.2, 0) is 0 Å². The van der Waals surface area contributed by atoms with Crippen LogP contribution in [0, 0.1) is 5.82 Å². The van der Waals surface area contributed by atoms with Gasteiger partial charge < -0.3 is 11.5 Å². The van der Waals surface area contributed by atoms with Crippen LogP contribution < -0.4 is 11.5 Å². The summed E-state index contributed by atoms with van der Waals surface area (Å²) in [5.41, 5.74) is 10.4. The van der Waals surface area contributed by atoms with E-state index in [0.717, 1.165) is 0 Å². The number of nitrogen functional groups attached to an aromatic ring is 2. The highest BCUT2D eigenvalue weighted by atomic mass is 35.5. The molecule has 2 nitrogen and oxygen atoms in total. The molecule has 0 aliphatic carbocycles. The van der Waals surface area contributed by atoms with Crippen LogP contribution in [0.5, 0.6) is 0 Å². The molecule has 66 valence electrons. The summed E-state index contributed by atoms with van der Waals surface area (Å²) in [6, 6.07) is 0. The van der Waals surface area contributed by atoms with Crippen LogP contribution >= 0.6 is 34.8 Å². The first-order chi connectivity index (χ1) is 5.46. The van der Waals surface area contributed by atoms with Crippen LogP contribution in [0.25, 0.3) is 0 Å². The van der Waals surface area contributed by atoms with Gasteiger partial charge in [0.05, 0.1) is 16.4 Å². The molecule has 0 aliphatic heterocycles. The molecule has 0 atom stereocenters. The average molecular weight is 229 g/mol. The molecule has 0 aromatic heterocycles. The van der Waals surface area contributed by atoms with E-state index in [9.17, 15) is 4.39 Å². The van der Waals surface area contributed by atoms with E-state index in [-0.39, 0.29) is 26.4 Å². The minimum absolute atomic E-state index is 0.0219. The molecular weight excluding hydrogens is 225 g/mol. The van der Waals surface area contributed by atoms with Gasteiger partial charge in [-0.2, -0.15) is 0 Å². The number of nitrogens with two attached hydrogens (primary N) is 2. The molecule has 0 saturated heterocycles. The van der Waals surface area contributed by atoms with Gasteiger partial charge in [0, 0.05) is 0 Å². The van der Waals surface area contributed by atoms with Crippen LogP contribution in [0.15, 0.2) is 0 Å². The largest absolute Gasteiger partial charge is 0.396 e. The summed E-state index contributed by atoms with van der Waals surface area (Å²) >= 11 is 16.4. The van der Waals surface area contributed by atoms with Crippen molar-refractivity contribution in [1.29, 1.82) is 0 Å². The van der Waals surface area contributed by atoms with E-state index in [1.54, 1.807) is 0 Å². The molecule has 0 spiro atoms. The van der Waals surface area contributed by atoms with Crippen LogP contribution in [0.1, 0.15) is 0 Å². The number of rotatable bonds is 0. The van der Waals surface area contributed by atoms with Gasteiger partial charge in [0.25, 0.3) is 0 Å². The first kappa shape index (κ1) is 9.71. The van der Waals surface area contributed by atoms with E-state index < -0.39 is 5.82 Å². The van der Waals surface area contributed by atoms with Crippen LogP contribution in [0.2, 0.25) is 15.1 Å². The summed E-state index contributed by atoms with van der Waals surface area (Å²) in [7, 11) is 0. The van der Waals surface area contributed by atoms with E-state index in [1.165, 1.54) is 0 Å². The lowest BCUT2D eigenvalue weighted by Gasteiger charge is -2.07. The van der Waals surface area contributed by atoms with Gasteiger partial charge in [-0.05, 0) is 0 Å². The molecule has 0 radical (unpaired) electrons. The Bertz CT molecular complexity index is 235. The molecule has 0 fully saturated rings. The molecule has 6 heteroatoms. The van der Waals surface area contributed by atoms with Gasteiger partial charge in [-0.1, -0.05) is 34.8 Å². The first-order valence-electron chi connectivity index (χ1n) is 2.83. The predicted molar refractivity (Wildman–Crippen MR) is 50.3 cm³/mol. The third-order valence-electron chi connectivity index (χ3n) is 1.33. The van der Waals surface area contributed by atoms with Crippen molar-refractivity contribution in [1.82, 2.24) is 0 Å². The highest BCUT2D eigenvalue weighted by Gasteiger charge is 2.17. The number of hydrogen-bond donors (Lipinski definition) is 2. The molecule has 12 heavy (non-hydrogen) atoms. The lowest BCUT2D eigenvalue weighted by Crippen LogP contribution is -1.98. The number of halogens is 4. The Labute approximate surface area is 83.2 Å². The maximum Gasteiger partial charge on any atom is 0.164 e. The lowest BCUT2D eigenvalue weighted by molar-refractivity contribution is 0.630. The molecule has 1 aromatic carbocycles. The van der Waals surface area contributed by atoms with E-state index >= 15 is 0 Å². The van der Waals surface area contributed by atoms with Crippen molar-refractivity contribution in [3.8, 4) is 0 Å². The maximum absolute atomic E-state index is 12.9. The van der Waals surface area contributed by atoms with Crippen molar-refractivity contribution in [2.24, 2.45) is 0 Å². The molecule has 0 bridgehead atoms. The fourth-order valence-electron chi connectivity index (χ4n) is 0.671. The normalized spacial score (nSPS) is 10.3. The van der Waals surface area contributed by atoms with Crippen molar-refractivity contribution < 1.29 is 4.39 Å².